The molecule has 4 heteroatoms. The molecule has 0 radical (unpaired) electrons. The molecule has 0 amide bonds. The van der Waals surface area contributed by atoms with Crippen LogP contribution in [-0.4, -0.2) is 43.1 Å². The first-order valence-corrected chi connectivity index (χ1v) is 4.89. The highest BCUT2D eigenvalue weighted by Crippen LogP contribution is 2.12. The molecule has 0 saturated carbocycles. The Morgan fingerprint density at radius 3 is 2.62 bits per heavy atom. The summed E-state index contributed by atoms with van der Waals surface area (Å²) < 4.78 is 5.52. The number of nitrogens with zero attached hydrogens (tertiary/aromatic N) is 1. The quantitative estimate of drug-likeness (QED) is 0.493. The number of amidine groups is 1. The van der Waals surface area contributed by atoms with Gasteiger partial charge < -0.3 is 10.5 Å². The van der Waals surface area contributed by atoms with Gasteiger partial charge in [-0.1, -0.05) is 0 Å². The van der Waals surface area contributed by atoms with Crippen molar-refractivity contribution >= 4 is 5.84 Å². The van der Waals surface area contributed by atoms with Gasteiger partial charge in [-0.3, -0.25) is 10.3 Å². The second-order valence-electron chi connectivity index (χ2n) is 3.46. The monoisotopic (exact) mass is 185 g/mol. The zero-order valence-corrected chi connectivity index (χ0v) is 8.25. The van der Waals surface area contributed by atoms with Crippen LogP contribution >= 0.6 is 0 Å². The van der Waals surface area contributed by atoms with Crippen molar-refractivity contribution in [2.75, 3.05) is 26.2 Å². The molecule has 1 heterocycles. The minimum atomic E-state index is 0.259. The highest BCUT2D eigenvalue weighted by molar-refractivity contribution is 5.78. The topological polar surface area (TPSA) is 62.3 Å². The van der Waals surface area contributed by atoms with Crippen molar-refractivity contribution in [1.29, 1.82) is 5.41 Å². The lowest BCUT2D eigenvalue weighted by atomic mass is 10.1. The molecule has 0 aromatic heterocycles. The zero-order chi connectivity index (χ0) is 9.68. The Morgan fingerprint density at radius 2 is 2.15 bits per heavy atom. The standard InChI is InChI=1S/C9H19N3O/c1-2-13-8-3-5-12(6-4-8)7-9(10)11/h8H,2-7H2,1H3,(H3,10,11). The van der Waals surface area contributed by atoms with Crippen molar-refractivity contribution in [2.24, 2.45) is 5.73 Å². The average Bonchev–Trinajstić information content (AvgIpc) is 2.08. The van der Waals surface area contributed by atoms with Crippen LogP contribution in [0.5, 0.6) is 0 Å². The molecular formula is C9H19N3O. The van der Waals surface area contributed by atoms with E-state index in [0.29, 0.717) is 12.6 Å². The van der Waals surface area contributed by atoms with Gasteiger partial charge in [-0.2, -0.15) is 0 Å². The second kappa shape index (κ2) is 5.19. The van der Waals surface area contributed by atoms with E-state index >= 15 is 0 Å². The van der Waals surface area contributed by atoms with E-state index in [-0.39, 0.29) is 5.84 Å². The van der Waals surface area contributed by atoms with E-state index in [9.17, 15) is 0 Å². The molecule has 0 unspecified atom stereocenters. The molecule has 1 aliphatic rings. The van der Waals surface area contributed by atoms with Gasteiger partial charge in [-0.05, 0) is 19.8 Å². The Balaban J connectivity index is 2.18. The normalized spacial score (nSPS) is 20.4. The van der Waals surface area contributed by atoms with Gasteiger partial charge in [0.05, 0.1) is 12.6 Å². The van der Waals surface area contributed by atoms with Crippen LogP contribution in [-0.2, 0) is 4.74 Å². The first kappa shape index (κ1) is 10.5. The van der Waals surface area contributed by atoms with E-state index in [2.05, 4.69) is 4.90 Å². The number of hydrogen-bond acceptors (Lipinski definition) is 3. The molecule has 1 saturated heterocycles. The van der Waals surface area contributed by atoms with E-state index in [1.165, 1.54) is 0 Å². The molecule has 1 fully saturated rings. The molecular weight excluding hydrogens is 166 g/mol. The Labute approximate surface area is 79.6 Å². The molecule has 0 bridgehead atoms. The van der Waals surface area contributed by atoms with E-state index < -0.39 is 0 Å². The third kappa shape index (κ3) is 3.74. The fourth-order valence-electron chi connectivity index (χ4n) is 1.71. The van der Waals surface area contributed by atoms with Gasteiger partial charge in [0.1, 0.15) is 5.84 Å². The smallest absolute Gasteiger partial charge is 0.105 e. The highest BCUT2D eigenvalue weighted by Gasteiger charge is 2.18. The third-order valence-corrected chi connectivity index (χ3v) is 2.33. The van der Waals surface area contributed by atoms with E-state index in [4.69, 9.17) is 15.9 Å². The van der Waals surface area contributed by atoms with Gasteiger partial charge >= 0.3 is 0 Å². The Kier molecular flexibility index (Phi) is 4.18. The molecule has 0 aromatic carbocycles. The number of ether oxygens (including phenoxy) is 1. The number of nitrogens with one attached hydrogen (secondary N) is 1. The lowest BCUT2D eigenvalue weighted by molar-refractivity contribution is 0.0174. The van der Waals surface area contributed by atoms with Gasteiger partial charge in [-0.25, -0.2) is 0 Å². The summed E-state index contributed by atoms with van der Waals surface area (Å²) in [5.41, 5.74) is 5.33. The van der Waals surface area contributed by atoms with Crippen molar-refractivity contribution in [2.45, 2.75) is 25.9 Å². The molecule has 1 aliphatic heterocycles. The molecule has 0 aliphatic carbocycles. The first-order chi connectivity index (χ1) is 6.22. The molecule has 1 rings (SSSR count). The summed E-state index contributed by atoms with van der Waals surface area (Å²) in [6.45, 7) is 5.45. The second-order valence-corrected chi connectivity index (χ2v) is 3.46. The lowest BCUT2D eigenvalue weighted by Crippen LogP contribution is -2.41. The number of hydrogen-bond donors (Lipinski definition) is 2. The largest absolute Gasteiger partial charge is 0.387 e. The van der Waals surface area contributed by atoms with Crippen LogP contribution in [0.4, 0.5) is 0 Å². The summed E-state index contributed by atoms with van der Waals surface area (Å²) in [7, 11) is 0. The Bertz CT molecular complexity index is 164. The van der Waals surface area contributed by atoms with E-state index in [1.807, 2.05) is 6.92 Å². The predicted molar refractivity (Wildman–Crippen MR) is 53.0 cm³/mol. The minimum absolute atomic E-state index is 0.259. The number of likely N-dealkylation sites (tertiary alicyclic amines) is 1. The Hall–Kier alpha value is -0.610. The highest BCUT2D eigenvalue weighted by atomic mass is 16.5. The van der Waals surface area contributed by atoms with E-state index in [1.54, 1.807) is 0 Å². The third-order valence-electron chi connectivity index (χ3n) is 2.33. The van der Waals surface area contributed by atoms with Gasteiger partial charge in [0.25, 0.3) is 0 Å². The fraction of sp³-hybridized carbons (Fsp3) is 0.889. The molecule has 0 atom stereocenters. The molecule has 3 N–H and O–H groups in total. The number of piperidine rings is 1. The fourth-order valence-corrected chi connectivity index (χ4v) is 1.71. The van der Waals surface area contributed by atoms with Crippen molar-refractivity contribution in [1.82, 2.24) is 4.90 Å². The van der Waals surface area contributed by atoms with E-state index in [0.717, 1.165) is 32.5 Å². The summed E-state index contributed by atoms with van der Waals surface area (Å²) in [5, 5.41) is 7.17. The Morgan fingerprint density at radius 1 is 1.54 bits per heavy atom. The summed E-state index contributed by atoms with van der Waals surface area (Å²) in [6.07, 6.45) is 2.57. The first-order valence-electron chi connectivity index (χ1n) is 4.89. The van der Waals surface area contributed by atoms with Crippen LogP contribution < -0.4 is 5.73 Å². The molecule has 13 heavy (non-hydrogen) atoms. The van der Waals surface area contributed by atoms with Gasteiger partial charge in [0, 0.05) is 19.7 Å². The van der Waals surface area contributed by atoms with Crippen LogP contribution in [0.25, 0.3) is 0 Å². The van der Waals surface area contributed by atoms with Gasteiger partial charge in [-0.15, -0.1) is 0 Å². The van der Waals surface area contributed by atoms with Crippen LogP contribution in [0.3, 0.4) is 0 Å². The van der Waals surface area contributed by atoms with Crippen LogP contribution in [0.1, 0.15) is 19.8 Å². The maximum atomic E-state index is 7.17. The number of rotatable bonds is 4. The minimum Gasteiger partial charge on any atom is -0.387 e. The maximum Gasteiger partial charge on any atom is 0.105 e. The van der Waals surface area contributed by atoms with Gasteiger partial charge in [0.15, 0.2) is 0 Å². The van der Waals surface area contributed by atoms with Crippen molar-refractivity contribution in [3.63, 3.8) is 0 Å². The molecule has 4 nitrogen and oxygen atoms in total. The molecule has 0 spiro atoms. The summed E-state index contributed by atoms with van der Waals surface area (Å²) in [5.74, 6) is 0.259. The van der Waals surface area contributed by atoms with Crippen LogP contribution in [0.2, 0.25) is 0 Å². The van der Waals surface area contributed by atoms with Crippen molar-refractivity contribution in [3.05, 3.63) is 0 Å². The number of nitrogens with two attached hydrogens (primary N) is 1. The van der Waals surface area contributed by atoms with Crippen molar-refractivity contribution < 1.29 is 4.74 Å². The van der Waals surface area contributed by atoms with Crippen LogP contribution in [0, 0.1) is 5.41 Å². The lowest BCUT2D eigenvalue weighted by Gasteiger charge is -2.31. The summed E-state index contributed by atoms with van der Waals surface area (Å²) in [6, 6.07) is 0. The molecule has 0 aromatic rings. The van der Waals surface area contributed by atoms with Gasteiger partial charge in [0.2, 0.25) is 0 Å². The zero-order valence-electron chi connectivity index (χ0n) is 8.25. The van der Waals surface area contributed by atoms with Crippen LogP contribution in [0.15, 0.2) is 0 Å². The summed E-state index contributed by atoms with van der Waals surface area (Å²) in [4.78, 5) is 2.21. The molecule has 76 valence electrons. The summed E-state index contributed by atoms with van der Waals surface area (Å²) >= 11 is 0. The predicted octanol–water partition coefficient (Wildman–Crippen LogP) is 0.423. The van der Waals surface area contributed by atoms with Crippen molar-refractivity contribution in [3.8, 4) is 0 Å². The SMILES string of the molecule is CCOC1CCN(CC(=N)N)CC1. The maximum absolute atomic E-state index is 7.17. The average molecular weight is 185 g/mol.